The zero-order valence-corrected chi connectivity index (χ0v) is 15.7. The minimum atomic E-state index is -2.87. The highest BCUT2D eigenvalue weighted by Gasteiger charge is 2.17. The van der Waals surface area contributed by atoms with E-state index in [9.17, 15) is 18.4 Å². The Morgan fingerprint density at radius 1 is 1.29 bits per heavy atom. The molecule has 0 spiro atoms. The molecule has 0 aliphatic heterocycles. The molecule has 0 saturated carbocycles. The number of benzene rings is 1. The molecule has 2 aromatic heterocycles. The molecular formula is C19H20F2N4O3. The second-order valence-electron chi connectivity index (χ2n) is 6.52. The lowest BCUT2D eigenvalue weighted by molar-refractivity contribution is -0.129. The van der Waals surface area contributed by atoms with E-state index in [2.05, 4.69) is 14.8 Å². The minimum absolute atomic E-state index is 0.0686. The van der Waals surface area contributed by atoms with Crippen LogP contribution in [0.5, 0.6) is 5.75 Å². The lowest BCUT2D eigenvalue weighted by Crippen LogP contribution is -2.28. The lowest BCUT2D eigenvalue weighted by Gasteiger charge is -2.19. The summed E-state index contributed by atoms with van der Waals surface area (Å²) in [5, 5.41) is 2.66. The van der Waals surface area contributed by atoms with Crippen LogP contribution in [0.25, 0.3) is 5.65 Å². The molecular weight excluding hydrogens is 370 g/mol. The highest BCUT2D eigenvalue weighted by atomic mass is 19.3. The first kappa shape index (κ1) is 19.5. The Hall–Kier alpha value is -3.23. The number of nitrogens with one attached hydrogen (secondary N) is 1. The number of nitrogens with zero attached hydrogens (tertiary/aromatic N) is 3. The van der Waals surface area contributed by atoms with Crippen LogP contribution in [0.3, 0.4) is 0 Å². The number of fused-ring (bicyclic) bond motifs is 1. The first-order valence-corrected chi connectivity index (χ1v) is 8.60. The molecule has 0 unspecified atom stereocenters. The summed E-state index contributed by atoms with van der Waals surface area (Å²) in [6.45, 7) is 1.07. The van der Waals surface area contributed by atoms with Gasteiger partial charge in [-0.15, -0.1) is 0 Å². The van der Waals surface area contributed by atoms with Gasteiger partial charge < -0.3 is 9.64 Å². The average molecular weight is 390 g/mol. The second kappa shape index (κ2) is 7.79. The minimum Gasteiger partial charge on any atom is -0.435 e. The summed E-state index contributed by atoms with van der Waals surface area (Å²) in [6.07, 6.45) is 0.129. The van der Waals surface area contributed by atoms with Crippen molar-refractivity contribution in [1.82, 2.24) is 19.5 Å². The molecule has 1 aromatic carbocycles. The molecule has 7 nitrogen and oxygen atoms in total. The quantitative estimate of drug-likeness (QED) is 0.701. The number of ether oxygens (including phenoxy) is 1. The predicted octanol–water partition coefficient (Wildman–Crippen LogP) is 2.44. The SMILES string of the molecule is Cc1nc2cc(=O)[nH]n2c(C)c1CC(=O)N(C)Cc1ccc(OC(F)F)cc1. The molecule has 0 aliphatic carbocycles. The summed E-state index contributed by atoms with van der Waals surface area (Å²) < 4.78 is 30.3. The van der Waals surface area contributed by atoms with Crippen molar-refractivity contribution < 1.29 is 18.3 Å². The zero-order chi connectivity index (χ0) is 20.4. The van der Waals surface area contributed by atoms with Crippen molar-refractivity contribution in [3.63, 3.8) is 0 Å². The smallest absolute Gasteiger partial charge is 0.387 e. The van der Waals surface area contributed by atoms with Gasteiger partial charge in [-0.3, -0.25) is 14.7 Å². The number of H-pyrrole nitrogens is 1. The highest BCUT2D eigenvalue weighted by Crippen LogP contribution is 2.17. The summed E-state index contributed by atoms with van der Waals surface area (Å²) in [5.74, 6) is -0.0613. The number of hydrogen-bond donors (Lipinski definition) is 1. The number of rotatable bonds is 6. The fraction of sp³-hybridized carbons (Fsp3) is 0.316. The third-order valence-electron chi connectivity index (χ3n) is 4.52. The van der Waals surface area contributed by atoms with E-state index in [1.54, 1.807) is 35.5 Å². The third kappa shape index (κ3) is 4.19. The Labute approximate surface area is 159 Å². The number of likely N-dealkylation sites (N-methyl/N-ethyl adjacent to an activating group) is 1. The molecule has 1 N–H and O–H groups in total. The van der Waals surface area contributed by atoms with Crippen LogP contribution in [0.4, 0.5) is 8.78 Å². The van der Waals surface area contributed by atoms with E-state index in [4.69, 9.17) is 0 Å². The van der Waals surface area contributed by atoms with Crippen LogP contribution >= 0.6 is 0 Å². The highest BCUT2D eigenvalue weighted by molar-refractivity contribution is 5.79. The van der Waals surface area contributed by atoms with Crippen molar-refractivity contribution in [2.24, 2.45) is 0 Å². The van der Waals surface area contributed by atoms with Crippen LogP contribution < -0.4 is 10.3 Å². The predicted molar refractivity (Wildman–Crippen MR) is 98.5 cm³/mol. The largest absolute Gasteiger partial charge is 0.435 e. The summed E-state index contributed by atoms with van der Waals surface area (Å²) in [7, 11) is 1.67. The first-order chi connectivity index (χ1) is 13.2. The second-order valence-corrected chi connectivity index (χ2v) is 6.52. The Morgan fingerprint density at radius 3 is 2.61 bits per heavy atom. The van der Waals surface area contributed by atoms with Crippen LogP contribution in [0.1, 0.15) is 22.5 Å². The number of aryl methyl sites for hydroxylation is 2. The number of carbonyl (C=O) groups is 1. The van der Waals surface area contributed by atoms with Crippen LogP contribution in [-0.2, 0) is 17.8 Å². The van der Waals surface area contributed by atoms with Gasteiger partial charge in [0.15, 0.2) is 5.65 Å². The van der Waals surface area contributed by atoms with Crippen LogP contribution in [0.15, 0.2) is 35.1 Å². The van der Waals surface area contributed by atoms with Gasteiger partial charge in [-0.25, -0.2) is 9.50 Å². The topological polar surface area (TPSA) is 79.7 Å². The van der Waals surface area contributed by atoms with Gasteiger partial charge in [0.25, 0.3) is 5.56 Å². The Kier molecular flexibility index (Phi) is 5.43. The van der Waals surface area contributed by atoms with E-state index in [0.717, 1.165) is 16.8 Å². The summed E-state index contributed by atoms with van der Waals surface area (Å²) >= 11 is 0. The number of alkyl halides is 2. The van der Waals surface area contributed by atoms with Gasteiger partial charge in [0.05, 0.1) is 6.42 Å². The zero-order valence-electron chi connectivity index (χ0n) is 15.7. The number of aromatic nitrogens is 3. The van der Waals surface area contributed by atoms with Crippen molar-refractivity contribution >= 4 is 11.6 Å². The maximum absolute atomic E-state index is 12.7. The summed E-state index contributed by atoms with van der Waals surface area (Å²) in [5.41, 5.74) is 3.23. The van der Waals surface area contributed by atoms with Crippen molar-refractivity contribution in [2.75, 3.05) is 7.05 Å². The van der Waals surface area contributed by atoms with Crippen LogP contribution in [-0.4, -0.2) is 39.1 Å². The Balaban J connectivity index is 1.72. The summed E-state index contributed by atoms with van der Waals surface area (Å²) in [6, 6.07) is 7.55. The molecule has 0 radical (unpaired) electrons. The molecule has 0 bridgehead atoms. The van der Waals surface area contributed by atoms with Gasteiger partial charge in [-0.05, 0) is 31.5 Å². The number of halogens is 2. The molecule has 3 aromatic rings. The van der Waals surface area contributed by atoms with Gasteiger partial charge in [0.1, 0.15) is 5.75 Å². The molecule has 148 valence electrons. The fourth-order valence-electron chi connectivity index (χ4n) is 3.04. The fourth-order valence-corrected chi connectivity index (χ4v) is 3.04. The van der Waals surface area contributed by atoms with E-state index in [-0.39, 0.29) is 23.6 Å². The lowest BCUT2D eigenvalue weighted by atomic mass is 10.1. The molecule has 0 fully saturated rings. The van der Waals surface area contributed by atoms with Crippen LogP contribution in [0, 0.1) is 13.8 Å². The number of carbonyl (C=O) groups excluding carboxylic acids is 1. The molecule has 0 atom stereocenters. The molecule has 1 amide bonds. The molecule has 28 heavy (non-hydrogen) atoms. The van der Waals surface area contributed by atoms with Crippen molar-refractivity contribution in [1.29, 1.82) is 0 Å². The van der Waals surface area contributed by atoms with Gasteiger partial charge in [-0.2, -0.15) is 8.78 Å². The van der Waals surface area contributed by atoms with Crippen molar-refractivity contribution in [3.05, 3.63) is 63.2 Å². The monoisotopic (exact) mass is 390 g/mol. The van der Waals surface area contributed by atoms with E-state index in [0.29, 0.717) is 17.9 Å². The standard InChI is InChI=1S/C19H20F2N4O3/c1-11-15(12(2)25-16(22-11)9-17(26)23-25)8-18(27)24(3)10-13-4-6-14(7-5-13)28-19(20)21/h4-7,9,19H,8,10H2,1-3H3,(H,23,26). The van der Waals surface area contributed by atoms with Gasteiger partial charge in [0.2, 0.25) is 5.91 Å². The maximum Gasteiger partial charge on any atom is 0.387 e. The van der Waals surface area contributed by atoms with E-state index in [1.165, 1.54) is 18.2 Å². The van der Waals surface area contributed by atoms with Gasteiger partial charge >= 0.3 is 6.61 Å². The normalized spacial score (nSPS) is 11.2. The van der Waals surface area contributed by atoms with Crippen molar-refractivity contribution in [3.8, 4) is 5.75 Å². The average Bonchev–Trinajstić information content (AvgIpc) is 3.00. The number of hydrogen-bond acceptors (Lipinski definition) is 4. The summed E-state index contributed by atoms with van der Waals surface area (Å²) in [4.78, 5) is 30.1. The number of amides is 1. The molecule has 0 saturated heterocycles. The Bertz CT molecular complexity index is 1060. The molecule has 3 rings (SSSR count). The van der Waals surface area contributed by atoms with Crippen LogP contribution in [0.2, 0.25) is 0 Å². The first-order valence-electron chi connectivity index (χ1n) is 8.60. The molecule has 9 heteroatoms. The van der Waals surface area contributed by atoms with E-state index in [1.807, 2.05) is 6.92 Å². The molecule has 2 heterocycles. The number of aromatic amines is 1. The molecule has 0 aliphatic rings. The van der Waals surface area contributed by atoms with Gasteiger partial charge in [-0.1, -0.05) is 12.1 Å². The van der Waals surface area contributed by atoms with E-state index < -0.39 is 6.61 Å². The third-order valence-corrected chi connectivity index (χ3v) is 4.52. The van der Waals surface area contributed by atoms with Gasteiger partial charge in [0, 0.05) is 36.6 Å². The van der Waals surface area contributed by atoms with E-state index >= 15 is 0 Å². The maximum atomic E-state index is 12.7. The Morgan fingerprint density at radius 2 is 1.96 bits per heavy atom. The van der Waals surface area contributed by atoms with Crippen molar-refractivity contribution in [2.45, 2.75) is 33.4 Å².